The molecule has 29 heavy (non-hydrogen) atoms. The molecule has 0 spiro atoms. The maximum absolute atomic E-state index is 12.9. The average Bonchev–Trinajstić information content (AvgIpc) is 2.64. The third-order valence-corrected chi connectivity index (χ3v) is 5.99. The minimum absolute atomic E-state index is 0.244. The first kappa shape index (κ1) is 22.7. The number of benzene rings is 2. The van der Waals surface area contributed by atoms with Gasteiger partial charge in [0.1, 0.15) is 11.8 Å². The fourth-order valence-corrected chi connectivity index (χ4v) is 4.48. The first-order chi connectivity index (χ1) is 13.5. The Balaban J connectivity index is 2.25. The smallest absolute Gasteiger partial charge is 0.244 e. The van der Waals surface area contributed by atoms with Gasteiger partial charge in [-0.1, -0.05) is 23.8 Å². The van der Waals surface area contributed by atoms with Crippen molar-refractivity contribution in [2.75, 3.05) is 17.2 Å². The van der Waals surface area contributed by atoms with Crippen LogP contribution in [0.25, 0.3) is 0 Å². The van der Waals surface area contributed by atoms with Crippen LogP contribution in [0, 0.1) is 13.8 Å². The van der Waals surface area contributed by atoms with Crippen molar-refractivity contribution in [3.8, 4) is 5.75 Å². The summed E-state index contributed by atoms with van der Waals surface area (Å²) in [4.78, 5) is 12.9. The van der Waals surface area contributed by atoms with Gasteiger partial charge < -0.3 is 10.1 Å². The summed E-state index contributed by atoms with van der Waals surface area (Å²) >= 11 is 0. The number of amides is 1. The summed E-state index contributed by atoms with van der Waals surface area (Å²) in [6.07, 6.45) is 1.10. The number of carbonyl (C=O) groups is 1. The number of nitrogens with one attached hydrogen (secondary N) is 1. The number of nitrogens with zero attached hydrogens (tertiary/aromatic N) is 1. The number of sulfonamides is 1. The van der Waals surface area contributed by atoms with Crippen LogP contribution in [-0.4, -0.2) is 33.2 Å². The monoisotopic (exact) mass is 418 g/mol. The summed E-state index contributed by atoms with van der Waals surface area (Å²) in [5.41, 5.74) is 3.60. The molecule has 0 bridgehead atoms. The zero-order valence-electron chi connectivity index (χ0n) is 17.9. The van der Waals surface area contributed by atoms with E-state index in [4.69, 9.17) is 4.74 Å². The van der Waals surface area contributed by atoms with Gasteiger partial charge >= 0.3 is 0 Å². The molecule has 158 valence electrons. The second kappa shape index (κ2) is 9.31. The number of hydrogen-bond donors (Lipinski definition) is 1. The van der Waals surface area contributed by atoms with Crippen LogP contribution in [0.3, 0.4) is 0 Å². The van der Waals surface area contributed by atoms with Crippen LogP contribution in [0.1, 0.15) is 43.5 Å². The highest BCUT2D eigenvalue weighted by Gasteiger charge is 2.30. The Kier molecular flexibility index (Phi) is 7.30. The lowest BCUT2D eigenvalue weighted by molar-refractivity contribution is -0.122. The van der Waals surface area contributed by atoms with Gasteiger partial charge in [-0.25, -0.2) is 8.42 Å². The van der Waals surface area contributed by atoms with E-state index in [1.54, 1.807) is 31.2 Å². The van der Waals surface area contributed by atoms with Gasteiger partial charge in [-0.15, -0.1) is 0 Å². The summed E-state index contributed by atoms with van der Waals surface area (Å²) in [5, 5.41) is 2.95. The summed E-state index contributed by atoms with van der Waals surface area (Å²) in [7, 11) is -3.67. The molecule has 2 unspecified atom stereocenters. The van der Waals surface area contributed by atoms with Crippen molar-refractivity contribution in [1.82, 2.24) is 5.32 Å². The fraction of sp³-hybridized carbons (Fsp3) is 0.409. The van der Waals surface area contributed by atoms with Crippen molar-refractivity contribution in [2.24, 2.45) is 0 Å². The van der Waals surface area contributed by atoms with E-state index in [-0.39, 0.29) is 11.9 Å². The molecule has 0 aliphatic rings. The molecule has 0 aliphatic heterocycles. The summed E-state index contributed by atoms with van der Waals surface area (Å²) < 4.78 is 31.5. The van der Waals surface area contributed by atoms with Crippen molar-refractivity contribution in [3.63, 3.8) is 0 Å². The van der Waals surface area contributed by atoms with E-state index in [2.05, 4.69) is 5.32 Å². The minimum atomic E-state index is -3.67. The van der Waals surface area contributed by atoms with Crippen LogP contribution >= 0.6 is 0 Å². The molecule has 2 atom stereocenters. The summed E-state index contributed by atoms with van der Waals surface area (Å²) in [6.45, 7) is 9.86. The van der Waals surface area contributed by atoms with Gasteiger partial charge in [0.2, 0.25) is 15.9 Å². The molecular weight excluding hydrogens is 388 g/mol. The van der Waals surface area contributed by atoms with Crippen LogP contribution < -0.4 is 14.4 Å². The Labute approximate surface area is 173 Å². The molecule has 0 heterocycles. The van der Waals surface area contributed by atoms with E-state index in [1.807, 2.05) is 45.9 Å². The Morgan fingerprint density at radius 3 is 2.28 bits per heavy atom. The number of carbonyl (C=O) groups excluding carboxylic acids is 1. The SMILES string of the molecule is CCOc1ccc(N(C(C)C(=O)NC(C)c2cc(C)ccc2C)S(C)(=O)=O)cc1. The zero-order valence-corrected chi connectivity index (χ0v) is 18.7. The first-order valence-electron chi connectivity index (χ1n) is 9.64. The maximum atomic E-state index is 12.9. The van der Waals surface area contributed by atoms with Gasteiger partial charge in [-0.05, 0) is 70.0 Å². The largest absolute Gasteiger partial charge is 0.494 e. The highest BCUT2D eigenvalue weighted by Crippen LogP contribution is 2.25. The third-order valence-electron chi connectivity index (χ3n) is 4.75. The topological polar surface area (TPSA) is 75.7 Å². The molecule has 0 aromatic heterocycles. The Morgan fingerprint density at radius 1 is 1.10 bits per heavy atom. The normalized spacial score (nSPS) is 13.4. The van der Waals surface area contributed by atoms with Gasteiger partial charge in [-0.2, -0.15) is 0 Å². The summed E-state index contributed by atoms with van der Waals surface area (Å²) in [6, 6.07) is 11.6. The van der Waals surface area contributed by atoms with Crippen LogP contribution in [0.15, 0.2) is 42.5 Å². The van der Waals surface area contributed by atoms with Gasteiger partial charge in [0.05, 0.1) is 24.6 Å². The molecule has 1 amide bonds. The molecule has 7 heteroatoms. The zero-order chi connectivity index (χ0) is 21.8. The molecule has 2 aromatic rings. The van der Waals surface area contributed by atoms with Crippen LogP contribution in [0.4, 0.5) is 5.69 Å². The standard InChI is InChI=1S/C22H30N2O4S/c1-7-28-20-12-10-19(11-13-20)24(29(6,26)27)18(5)22(25)23-17(4)21-14-15(2)8-9-16(21)3/h8-14,17-18H,7H2,1-6H3,(H,23,25). The van der Waals surface area contributed by atoms with Gasteiger partial charge in [0.25, 0.3) is 0 Å². The molecular formula is C22H30N2O4S. The van der Waals surface area contributed by atoms with Crippen LogP contribution in [0.2, 0.25) is 0 Å². The van der Waals surface area contributed by atoms with E-state index < -0.39 is 16.1 Å². The second-order valence-corrected chi connectivity index (χ2v) is 9.11. The summed E-state index contributed by atoms with van der Waals surface area (Å²) in [5.74, 6) is 0.281. The number of ether oxygens (including phenoxy) is 1. The van der Waals surface area contributed by atoms with Crippen molar-refractivity contribution in [2.45, 2.75) is 46.7 Å². The van der Waals surface area contributed by atoms with E-state index in [1.165, 1.54) is 0 Å². The highest BCUT2D eigenvalue weighted by molar-refractivity contribution is 7.92. The van der Waals surface area contributed by atoms with E-state index in [0.717, 1.165) is 27.3 Å². The molecule has 0 aliphatic carbocycles. The van der Waals surface area contributed by atoms with E-state index >= 15 is 0 Å². The van der Waals surface area contributed by atoms with E-state index in [0.29, 0.717) is 18.0 Å². The van der Waals surface area contributed by atoms with Gasteiger partial charge in [-0.3, -0.25) is 9.10 Å². The number of rotatable bonds is 8. The maximum Gasteiger partial charge on any atom is 0.244 e. The minimum Gasteiger partial charge on any atom is -0.494 e. The lowest BCUT2D eigenvalue weighted by atomic mass is 10.00. The average molecular weight is 419 g/mol. The number of aryl methyl sites for hydroxylation is 2. The molecule has 0 fully saturated rings. The Morgan fingerprint density at radius 2 is 1.72 bits per heavy atom. The first-order valence-corrected chi connectivity index (χ1v) is 11.5. The van der Waals surface area contributed by atoms with Crippen molar-refractivity contribution < 1.29 is 17.9 Å². The van der Waals surface area contributed by atoms with Gasteiger partial charge in [0, 0.05) is 0 Å². The number of hydrogen-bond acceptors (Lipinski definition) is 4. The molecule has 0 saturated heterocycles. The molecule has 1 N–H and O–H groups in total. The Bertz CT molecular complexity index is 955. The molecule has 2 aromatic carbocycles. The van der Waals surface area contributed by atoms with Crippen LogP contribution in [-0.2, 0) is 14.8 Å². The number of anilines is 1. The highest BCUT2D eigenvalue weighted by atomic mass is 32.2. The van der Waals surface area contributed by atoms with Crippen molar-refractivity contribution >= 4 is 21.6 Å². The lowest BCUT2D eigenvalue weighted by Crippen LogP contribution is -2.48. The Hall–Kier alpha value is -2.54. The van der Waals surface area contributed by atoms with Crippen LogP contribution in [0.5, 0.6) is 5.75 Å². The van der Waals surface area contributed by atoms with Gasteiger partial charge in [0.15, 0.2) is 0 Å². The molecule has 0 saturated carbocycles. The quantitative estimate of drug-likeness (QED) is 0.709. The van der Waals surface area contributed by atoms with E-state index in [9.17, 15) is 13.2 Å². The second-order valence-electron chi connectivity index (χ2n) is 7.25. The molecule has 6 nitrogen and oxygen atoms in total. The molecule has 0 radical (unpaired) electrons. The third kappa shape index (κ3) is 5.73. The van der Waals surface area contributed by atoms with Crippen molar-refractivity contribution in [3.05, 3.63) is 59.2 Å². The predicted molar refractivity (Wildman–Crippen MR) is 117 cm³/mol. The molecule has 2 rings (SSSR count). The predicted octanol–water partition coefficient (Wildman–Crippen LogP) is 3.73. The lowest BCUT2D eigenvalue weighted by Gasteiger charge is -2.29. The fourth-order valence-electron chi connectivity index (χ4n) is 3.30. The van der Waals surface area contributed by atoms with Crippen molar-refractivity contribution in [1.29, 1.82) is 0 Å².